The van der Waals surface area contributed by atoms with Crippen LogP contribution in [0.25, 0.3) is 22.2 Å². The Labute approximate surface area is 287 Å². The molecular formula is C36H48N8O5. The number of nitrogens with zero attached hydrogens (tertiary/aromatic N) is 7. The quantitative estimate of drug-likeness (QED) is 0.187. The summed E-state index contributed by atoms with van der Waals surface area (Å²) in [6.45, 7) is 11.1. The molecule has 5 heterocycles. The maximum atomic E-state index is 13.3. The summed E-state index contributed by atoms with van der Waals surface area (Å²) in [5.74, 6) is 2.69. The summed E-state index contributed by atoms with van der Waals surface area (Å²) in [5.41, 5.74) is 2.86. The maximum Gasteiger partial charge on any atom is 0.264 e. The lowest BCUT2D eigenvalue weighted by Gasteiger charge is -2.27. The van der Waals surface area contributed by atoms with E-state index >= 15 is 0 Å². The molecule has 2 saturated heterocycles. The van der Waals surface area contributed by atoms with Gasteiger partial charge in [-0.2, -0.15) is 0 Å². The van der Waals surface area contributed by atoms with Gasteiger partial charge in [0.25, 0.3) is 5.56 Å². The van der Waals surface area contributed by atoms with E-state index in [1.54, 1.807) is 14.2 Å². The minimum Gasteiger partial charge on any atom is -0.493 e. The summed E-state index contributed by atoms with van der Waals surface area (Å²) in [7, 11) is 5.40. The first-order chi connectivity index (χ1) is 24.0. The standard InChI is InChI=1S/C36H48N8O5/c1-41(10-4-11-43-13-18-47-19-14-43)33-9-6-27(24-37-33)25-38-35-34-30(39-26-42(2)36(34)45)23-29(40-35)28-7-8-31(32(22-28)46-3)49-17-5-12-44-15-20-48-21-16-44/h6-9,22-24,26H,4-5,10-21,25H2,1-3H3,(H,38,40). The van der Waals surface area contributed by atoms with Crippen LogP contribution < -0.4 is 25.2 Å². The molecule has 0 radical (unpaired) electrons. The first kappa shape index (κ1) is 34.6. The highest BCUT2D eigenvalue weighted by Crippen LogP contribution is 2.34. The summed E-state index contributed by atoms with van der Waals surface area (Å²) in [6.07, 6.45) is 5.38. The van der Waals surface area contributed by atoms with Crippen molar-refractivity contribution in [2.24, 2.45) is 7.05 Å². The van der Waals surface area contributed by atoms with Crippen molar-refractivity contribution in [2.45, 2.75) is 19.4 Å². The van der Waals surface area contributed by atoms with Gasteiger partial charge in [0.05, 0.1) is 57.7 Å². The SMILES string of the molecule is COc1cc(-c2cc3ncn(C)c(=O)c3c(NCc3ccc(N(C)CCCN4CCOCC4)nc3)n2)ccc1OCCCN1CCOCC1. The number of aryl methyl sites for hydroxylation is 1. The van der Waals surface area contributed by atoms with Crippen molar-refractivity contribution in [2.75, 3.05) is 103 Å². The van der Waals surface area contributed by atoms with Gasteiger partial charge in [-0.15, -0.1) is 0 Å². The summed E-state index contributed by atoms with van der Waals surface area (Å²) in [5, 5.41) is 3.84. The average Bonchev–Trinajstić information content (AvgIpc) is 3.14. The van der Waals surface area contributed by atoms with E-state index in [2.05, 4.69) is 38.1 Å². The number of hydrogen-bond acceptors (Lipinski definition) is 12. The van der Waals surface area contributed by atoms with Crippen molar-refractivity contribution in [3.63, 3.8) is 0 Å². The molecule has 6 rings (SSSR count). The molecule has 262 valence electrons. The van der Waals surface area contributed by atoms with E-state index in [0.717, 1.165) is 102 Å². The lowest BCUT2D eigenvalue weighted by atomic mass is 10.1. The van der Waals surface area contributed by atoms with Crippen LogP contribution in [0.15, 0.2) is 53.7 Å². The predicted octanol–water partition coefficient (Wildman–Crippen LogP) is 3.27. The molecule has 0 atom stereocenters. The smallest absolute Gasteiger partial charge is 0.264 e. The number of anilines is 2. The summed E-state index contributed by atoms with van der Waals surface area (Å²) in [6, 6.07) is 11.7. The van der Waals surface area contributed by atoms with Crippen LogP contribution in [-0.2, 0) is 23.1 Å². The lowest BCUT2D eigenvalue weighted by molar-refractivity contribution is 0.0357. The average molecular weight is 673 g/mol. The van der Waals surface area contributed by atoms with E-state index in [4.69, 9.17) is 28.9 Å². The first-order valence-electron chi connectivity index (χ1n) is 17.2. The lowest BCUT2D eigenvalue weighted by Crippen LogP contribution is -2.37. The molecule has 0 bridgehead atoms. The Morgan fingerprint density at radius 1 is 0.918 bits per heavy atom. The molecule has 1 N–H and O–H groups in total. The number of benzene rings is 1. The molecule has 2 aliphatic heterocycles. The zero-order valence-corrected chi connectivity index (χ0v) is 28.9. The Bertz CT molecular complexity index is 1720. The minimum absolute atomic E-state index is 0.169. The van der Waals surface area contributed by atoms with Gasteiger partial charge in [-0.1, -0.05) is 6.07 Å². The van der Waals surface area contributed by atoms with Crippen LogP contribution in [0.3, 0.4) is 0 Å². The molecular weight excluding hydrogens is 624 g/mol. The van der Waals surface area contributed by atoms with Crippen molar-refractivity contribution >= 4 is 22.5 Å². The van der Waals surface area contributed by atoms with Crippen molar-refractivity contribution < 1.29 is 18.9 Å². The summed E-state index contributed by atoms with van der Waals surface area (Å²) >= 11 is 0. The van der Waals surface area contributed by atoms with E-state index in [9.17, 15) is 4.79 Å². The van der Waals surface area contributed by atoms with Gasteiger partial charge in [0.2, 0.25) is 0 Å². The van der Waals surface area contributed by atoms with Gasteiger partial charge in [-0.25, -0.2) is 15.0 Å². The fourth-order valence-electron chi connectivity index (χ4n) is 6.14. The molecule has 1 aromatic carbocycles. The number of ether oxygens (including phenoxy) is 4. The second kappa shape index (κ2) is 16.9. The number of methoxy groups -OCH3 is 1. The van der Waals surface area contributed by atoms with Crippen LogP contribution in [0.4, 0.5) is 11.6 Å². The van der Waals surface area contributed by atoms with Gasteiger partial charge in [-0.3, -0.25) is 14.6 Å². The normalized spacial score (nSPS) is 15.7. The van der Waals surface area contributed by atoms with E-state index in [1.807, 2.05) is 36.5 Å². The zero-order chi connectivity index (χ0) is 34.0. The topological polar surface area (TPSA) is 119 Å². The van der Waals surface area contributed by atoms with Crippen molar-refractivity contribution in [1.82, 2.24) is 29.3 Å². The third kappa shape index (κ3) is 9.04. The monoisotopic (exact) mass is 672 g/mol. The number of aromatic nitrogens is 4. The first-order valence-corrected chi connectivity index (χ1v) is 17.2. The second-order valence-electron chi connectivity index (χ2n) is 12.5. The number of fused-ring (bicyclic) bond motifs is 1. The van der Waals surface area contributed by atoms with Crippen molar-refractivity contribution in [3.05, 3.63) is 64.8 Å². The van der Waals surface area contributed by atoms with Crippen LogP contribution in [0.1, 0.15) is 18.4 Å². The van der Waals surface area contributed by atoms with E-state index < -0.39 is 0 Å². The molecule has 0 aliphatic carbocycles. The molecule has 2 aliphatic rings. The van der Waals surface area contributed by atoms with Crippen molar-refractivity contribution in [1.29, 1.82) is 0 Å². The fourth-order valence-corrected chi connectivity index (χ4v) is 6.14. The molecule has 0 saturated carbocycles. The largest absolute Gasteiger partial charge is 0.493 e. The van der Waals surface area contributed by atoms with Gasteiger partial charge in [-0.05, 0) is 48.7 Å². The number of nitrogens with one attached hydrogen (secondary N) is 1. The molecule has 0 amide bonds. The van der Waals surface area contributed by atoms with E-state index in [-0.39, 0.29) is 5.56 Å². The van der Waals surface area contributed by atoms with Gasteiger partial charge in [0.1, 0.15) is 17.0 Å². The van der Waals surface area contributed by atoms with Crippen LogP contribution >= 0.6 is 0 Å². The minimum atomic E-state index is -0.169. The number of morpholine rings is 2. The Kier molecular flexibility index (Phi) is 11.9. The summed E-state index contributed by atoms with van der Waals surface area (Å²) in [4.78, 5) is 34.5. The highest BCUT2D eigenvalue weighted by Gasteiger charge is 2.16. The van der Waals surface area contributed by atoms with Gasteiger partial charge >= 0.3 is 0 Å². The highest BCUT2D eigenvalue weighted by atomic mass is 16.5. The van der Waals surface area contributed by atoms with Gasteiger partial charge in [0.15, 0.2) is 11.5 Å². The number of rotatable bonds is 15. The van der Waals surface area contributed by atoms with Crippen LogP contribution in [0.5, 0.6) is 11.5 Å². The molecule has 0 spiro atoms. The van der Waals surface area contributed by atoms with Crippen LogP contribution in [-0.4, -0.2) is 122 Å². The number of pyridine rings is 2. The summed E-state index contributed by atoms with van der Waals surface area (Å²) < 4.78 is 24.2. The van der Waals surface area contributed by atoms with E-state index in [0.29, 0.717) is 47.1 Å². The van der Waals surface area contributed by atoms with Crippen LogP contribution in [0, 0.1) is 0 Å². The molecule has 2 fully saturated rings. The fraction of sp³-hybridized carbons (Fsp3) is 0.500. The Balaban J connectivity index is 1.12. The molecule has 4 aromatic rings. The van der Waals surface area contributed by atoms with Crippen LogP contribution in [0.2, 0.25) is 0 Å². The predicted molar refractivity (Wildman–Crippen MR) is 191 cm³/mol. The molecule has 13 heteroatoms. The van der Waals surface area contributed by atoms with Crippen molar-refractivity contribution in [3.8, 4) is 22.8 Å². The third-order valence-corrected chi connectivity index (χ3v) is 9.07. The molecule has 0 unspecified atom stereocenters. The zero-order valence-electron chi connectivity index (χ0n) is 28.9. The molecule has 13 nitrogen and oxygen atoms in total. The second-order valence-corrected chi connectivity index (χ2v) is 12.5. The Morgan fingerprint density at radius 2 is 1.65 bits per heavy atom. The van der Waals surface area contributed by atoms with E-state index in [1.165, 1.54) is 10.9 Å². The third-order valence-electron chi connectivity index (χ3n) is 9.07. The molecule has 3 aromatic heterocycles. The number of hydrogen-bond donors (Lipinski definition) is 1. The Morgan fingerprint density at radius 3 is 2.35 bits per heavy atom. The maximum absolute atomic E-state index is 13.3. The Hall–Kier alpha value is -4.30. The van der Waals surface area contributed by atoms with Gasteiger partial charge < -0.3 is 33.7 Å². The molecule has 49 heavy (non-hydrogen) atoms. The van der Waals surface area contributed by atoms with Gasteiger partial charge in [0, 0.05) is 78.2 Å². The highest BCUT2D eigenvalue weighted by molar-refractivity contribution is 5.91.